The van der Waals surface area contributed by atoms with Crippen LogP contribution in [0.4, 0.5) is 5.69 Å². The second-order valence-electron chi connectivity index (χ2n) is 7.75. The van der Waals surface area contributed by atoms with Gasteiger partial charge >= 0.3 is 0 Å². The highest BCUT2D eigenvalue weighted by atomic mass is 16.5. The fourth-order valence-electron chi connectivity index (χ4n) is 3.90. The molecule has 2 aromatic rings. The summed E-state index contributed by atoms with van der Waals surface area (Å²) in [4.78, 5) is 28.0. The molecule has 2 aromatic carbocycles. The molecule has 0 bridgehead atoms. The van der Waals surface area contributed by atoms with Gasteiger partial charge in [-0.05, 0) is 44.9 Å². The molecule has 3 atom stereocenters. The quantitative estimate of drug-likeness (QED) is 0.790. The molecule has 0 unspecified atom stereocenters. The first-order valence-corrected chi connectivity index (χ1v) is 10.3. The number of rotatable bonds is 6. The molecule has 1 fully saturated rings. The Kier molecular flexibility index (Phi) is 6.57. The van der Waals surface area contributed by atoms with Crippen molar-refractivity contribution in [1.82, 2.24) is 5.32 Å². The Morgan fingerprint density at radius 3 is 2.55 bits per heavy atom. The molecule has 29 heavy (non-hydrogen) atoms. The molecule has 0 radical (unpaired) electrons. The number of hydrogen-bond acceptors (Lipinski definition) is 3. The first-order chi connectivity index (χ1) is 14.0. The van der Waals surface area contributed by atoms with Gasteiger partial charge in [0.2, 0.25) is 11.8 Å². The maximum atomic E-state index is 13.2. The summed E-state index contributed by atoms with van der Waals surface area (Å²) in [6.45, 7) is 6.06. The fraction of sp³-hybridized carbons (Fsp3) is 0.417. The summed E-state index contributed by atoms with van der Waals surface area (Å²) >= 11 is 0. The van der Waals surface area contributed by atoms with Crippen molar-refractivity contribution < 1.29 is 14.3 Å². The number of ether oxygens (including phenoxy) is 1. The van der Waals surface area contributed by atoms with E-state index < -0.39 is 6.04 Å². The third kappa shape index (κ3) is 4.44. The molecule has 1 N–H and O–H groups in total. The molecule has 5 nitrogen and oxygen atoms in total. The van der Waals surface area contributed by atoms with Crippen molar-refractivity contribution >= 4 is 17.5 Å². The monoisotopic (exact) mass is 394 g/mol. The van der Waals surface area contributed by atoms with E-state index in [9.17, 15) is 9.59 Å². The molecular formula is C24H30N2O3. The Hall–Kier alpha value is -2.82. The molecule has 1 heterocycles. The van der Waals surface area contributed by atoms with Gasteiger partial charge in [-0.2, -0.15) is 0 Å². The van der Waals surface area contributed by atoms with Gasteiger partial charge in [-0.1, -0.05) is 42.8 Å². The minimum Gasteiger partial charge on any atom is -0.496 e. The van der Waals surface area contributed by atoms with Gasteiger partial charge in [0.25, 0.3) is 0 Å². The Bertz CT molecular complexity index is 863. The van der Waals surface area contributed by atoms with Gasteiger partial charge in [-0.15, -0.1) is 0 Å². The van der Waals surface area contributed by atoms with Gasteiger partial charge in [-0.3, -0.25) is 9.59 Å². The molecule has 0 spiro atoms. The Morgan fingerprint density at radius 1 is 1.21 bits per heavy atom. The van der Waals surface area contributed by atoms with Crippen molar-refractivity contribution in [2.24, 2.45) is 5.92 Å². The SMILES string of the molecule is CC[C@H](C)NC(=O)[C@@H]1CCC(=O)N(c2ccc(C)cc2)[C@H]1c1ccccc1OC. The molecule has 1 aliphatic heterocycles. The van der Waals surface area contributed by atoms with E-state index in [1.165, 1.54) is 0 Å². The lowest BCUT2D eigenvalue weighted by molar-refractivity contribution is -0.129. The van der Waals surface area contributed by atoms with E-state index in [1.54, 1.807) is 12.0 Å². The summed E-state index contributed by atoms with van der Waals surface area (Å²) in [7, 11) is 1.62. The van der Waals surface area contributed by atoms with E-state index in [4.69, 9.17) is 4.74 Å². The van der Waals surface area contributed by atoms with Crippen LogP contribution < -0.4 is 15.0 Å². The van der Waals surface area contributed by atoms with Crippen LogP contribution in [0, 0.1) is 12.8 Å². The lowest BCUT2D eigenvalue weighted by atomic mass is 9.82. The molecule has 1 aliphatic rings. The topological polar surface area (TPSA) is 58.6 Å². The molecule has 1 saturated heterocycles. The zero-order valence-corrected chi connectivity index (χ0v) is 17.6. The maximum absolute atomic E-state index is 13.2. The second-order valence-corrected chi connectivity index (χ2v) is 7.75. The number of piperidine rings is 1. The number of nitrogens with zero attached hydrogens (tertiary/aromatic N) is 1. The smallest absolute Gasteiger partial charge is 0.227 e. The molecular weight excluding hydrogens is 364 g/mol. The van der Waals surface area contributed by atoms with E-state index >= 15 is 0 Å². The number of para-hydroxylation sites is 1. The van der Waals surface area contributed by atoms with Gasteiger partial charge in [0.1, 0.15) is 5.75 Å². The molecule has 2 amide bonds. The van der Waals surface area contributed by atoms with Crippen LogP contribution in [0.5, 0.6) is 5.75 Å². The maximum Gasteiger partial charge on any atom is 0.227 e. The van der Waals surface area contributed by atoms with Gasteiger partial charge in [-0.25, -0.2) is 0 Å². The van der Waals surface area contributed by atoms with E-state index in [0.717, 1.165) is 23.2 Å². The number of anilines is 1. The standard InChI is InChI=1S/C24H30N2O3/c1-5-17(3)25-24(28)20-14-15-22(27)26(18-12-10-16(2)11-13-18)23(20)19-8-6-7-9-21(19)29-4/h6-13,17,20,23H,5,14-15H2,1-4H3,(H,25,28)/t17-,20+,23-/m0/s1. The van der Waals surface area contributed by atoms with E-state index in [-0.39, 0.29) is 23.8 Å². The summed E-state index contributed by atoms with van der Waals surface area (Å²) in [5.74, 6) is 0.349. The number of nitrogens with one attached hydrogen (secondary N) is 1. The van der Waals surface area contributed by atoms with Crippen molar-refractivity contribution in [2.45, 2.75) is 52.1 Å². The van der Waals surface area contributed by atoms with Crippen molar-refractivity contribution in [2.75, 3.05) is 12.0 Å². The average Bonchev–Trinajstić information content (AvgIpc) is 2.74. The number of carbonyl (C=O) groups is 2. The van der Waals surface area contributed by atoms with Crippen LogP contribution in [0.3, 0.4) is 0 Å². The van der Waals surface area contributed by atoms with Crippen LogP contribution >= 0.6 is 0 Å². The average molecular weight is 395 g/mol. The van der Waals surface area contributed by atoms with Gasteiger partial charge < -0.3 is 15.0 Å². The minimum absolute atomic E-state index is 0.0140. The highest BCUT2D eigenvalue weighted by Crippen LogP contribution is 2.43. The predicted molar refractivity (Wildman–Crippen MR) is 115 cm³/mol. The zero-order chi connectivity index (χ0) is 21.0. The molecule has 0 aromatic heterocycles. The Morgan fingerprint density at radius 2 is 1.90 bits per heavy atom. The summed E-state index contributed by atoms with van der Waals surface area (Å²) in [6, 6.07) is 15.2. The normalized spacial score (nSPS) is 20.3. The van der Waals surface area contributed by atoms with Crippen LogP contribution in [-0.2, 0) is 9.59 Å². The molecule has 3 rings (SSSR count). The summed E-state index contributed by atoms with van der Waals surface area (Å²) < 4.78 is 5.60. The van der Waals surface area contributed by atoms with Crippen molar-refractivity contribution in [3.63, 3.8) is 0 Å². The van der Waals surface area contributed by atoms with E-state index in [2.05, 4.69) is 5.32 Å². The van der Waals surface area contributed by atoms with Crippen molar-refractivity contribution in [3.8, 4) is 5.75 Å². The fourth-order valence-corrected chi connectivity index (χ4v) is 3.90. The van der Waals surface area contributed by atoms with E-state index in [1.807, 2.05) is 69.3 Å². The van der Waals surface area contributed by atoms with Crippen LogP contribution in [0.1, 0.15) is 50.3 Å². The molecule has 154 valence electrons. The van der Waals surface area contributed by atoms with Crippen LogP contribution in [0.25, 0.3) is 0 Å². The lowest BCUT2D eigenvalue weighted by Crippen LogP contribution is -2.49. The second kappa shape index (κ2) is 9.12. The first-order valence-electron chi connectivity index (χ1n) is 10.3. The molecule has 0 aliphatic carbocycles. The third-order valence-corrected chi connectivity index (χ3v) is 5.70. The first kappa shape index (κ1) is 20.9. The Balaban J connectivity index is 2.10. The number of carbonyl (C=O) groups excluding carboxylic acids is 2. The van der Waals surface area contributed by atoms with Gasteiger partial charge in [0.15, 0.2) is 0 Å². The molecule has 5 heteroatoms. The third-order valence-electron chi connectivity index (χ3n) is 5.70. The summed E-state index contributed by atoms with van der Waals surface area (Å²) in [5.41, 5.74) is 2.78. The number of amides is 2. The summed E-state index contributed by atoms with van der Waals surface area (Å²) in [5, 5.41) is 3.11. The van der Waals surface area contributed by atoms with Gasteiger partial charge in [0, 0.05) is 23.7 Å². The van der Waals surface area contributed by atoms with E-state index in [0.29, 0.717) is 18.6 Å². The van der Waals surface area contributed by atoms with Gasteiger partial charge in [0.05, 0.1) is 19.1 Å². The minimum atomic E-state index is -0.417. The number of benzene rings is 2. The number of hydrogen-bond donors (Lipinski definition) is 1. The lowest BCUT2D eigenvalue weighted by Gasteiger charge is -2.41. The largest absolute Gasteiger partial charge is 0.496 e. The highest BCUT2D eigenvalue weighted by molar-refractivity contribution is 5.97. The summed E-state index contributed by atoms with van der Waals surface area (Å²) in [6.07, 6.45) is 1.72. The highest BCUT2D eigenvalue weighted by Gasteiger charge is 2.42. The van der Waals surface area contributed by atoms with Crippen LogP contribution in [0.15, 0.2) is 48.5 Å². The number of methoxy groups -OCH3 is 1. The molecule has 0 saturated carbocycles. The zero-order valence-electron chi connectivity index (χ0n) is 17.6. The number of aryl methyl sites for hydroxylation is 1. The van der Waals surface area contributed by atoms with Crippen LogP contribution in [-0.4, -0.2) is 25.0 Å². The predicted octanol–water partition coefficient (Wildman–Crippen LogP) is 4.40. The van der Waals surface area contributed by atoms with Crippen molar-refractivity contribution in [3.05, 3.63) is 59.7 Å². The van der Waals surface area contributed by atoms with Crippen molar-refractivity contribution in [1.29, 1.82) is 0 Å². The Labute approximate surface area is 173 Å². The van der Waals surface area contributed by atoms with Crippen LogP contribution in [0.2, 0.25) is 0 Å².